The van der Waals surface area contributed by atoms with E-state index in [-0.39, 0.29) is 12.4 Å². The van der Waals surface area contributed by atoms with E-state index >= 15 is 0 Å². The van der Waals surface area contributed by atoms with E-state index in [2.05, 4.69) is 0 Å². The fraction of sp³-hybridized carbons (Fsp3) is 0.133. The molecule has 0 bridgehead atoms. The molecule has 2 aromatic carbocycles. The molecule has 4 nitrogen and oxygen atoms in total. The number of methoxy groups -OCH3 is 1. The van der Waals surface area contributed by atoms with Crippen molar-refractivity contribution in [2.75, 3.05) is 12.8 Å². The summed E-state index contributed by atoms with van der Waals surface area (Å²) in [6.45, 7) is 0.00251. The molecule has 2 aromatic rings. The Bertz CT molecular complexity index is 628. The standard InChI is InChI=1S/C15H14FNO3/c1-19-14-6-5-11(8-13(14)17)15(18)20-9-10-3-2-4-12(16)7-10/h2-8H,9,17H2,1H3. The number of nitrogen functional groups attached to an aromatic ring is 1. The average Bonchev–Trinajstić information content (AvgIpc) is 2.44. The number of carbonyl (C=O) groups excluding carboxylic acids is 1. The van der Waals surface area contributed by atoms with Crippen molar-refractivity contribution < 1.29 is 18.7 Å². The molecule has 0 saturated heterocycles. The lowest BCUT2D eigenvalue weighted by molar-refractivity contribution is 0.0472. The van der Waals surface area contributed by atoms with Gasteiger partial charge in [-0.25, -0.2) is 9.18 Å². The molecule has 0 spiro atoms. The van der Waals surface area contributed by atoms with Gasteiger partial charge in [-0.15, -0.1) is 0 Å². The minimum Gasteiger partial charge on any atom is -0.495 e. The number of esters is 1. The summed E-state index contributed by atoms with van der Waals surface area (Å²) in [5.74, 6) is -0.400. The zero-order chi connectivity index (χ0) is 14.5. The number of benzene rings is 2. The Morgan fingerprint density at radius 2 is 2.05 bits per heavy atom. The third-order valence-electron chi connectivity index (χ3n) is 2.72. The minimum absolute atomic E-state index is 0.00251. The van der Waals surface area contributed by atoms with Crippen molar-refractivity contribution in [3.63, 3.8) is 0 Å². The molecule has 5 heteroatoms. The van der Waals surface area contributed by atoms with E-state index < -0.39 is 5.97 Å². The first-order valence-corrected chi connectivity index (χ1v) is 5.95. The molecule has 2 rings (SSSR count). The molecular formula is C15H14FNO3. The van der Waals surface area contributed by atoms with E-state index in [0.29, 0.717) is 22.6 Å². The van der Waals surface area contributed by atoms with Crippen LogP contribution in [-0.4, -0.2) is 13.1 Å². The Kier molecular flexibility index (Phi) is 4.20. The second-order valence-electron chi connectivity index (χ2n) is 4.16. The second kappa shape index (κ2) is 6.06. The molecule has 0 aliphatic rings. The number of ether oxygens (including phenoxy) is 2. The largest absolute Gasteiger partial charge is 0.495 e. The van der Waals surface area contributed by atoms with Crippen LogP contribution in [0.2, 0.25) is 0 Å². The van der Waals surface area contributed by atoms with Crippen molar-refractivity contribution >= 4 is 11.7 Å². The van der Waals surface area contributed by atoms with E-state index in [1.165, 1.54) is 25.3 Å². The zero-order valence-electron chi connectivity index (χ0n) is 10.9. The van der Waals surface area contributed by atoms with E-state index in [9.17, 15) is 9.18 Å². The number of hydrogen-bond donors (Lipinski definition) is 1. The summed E-state index contributed by atoms with van der Waals surface area (Å²) in [5.41, 5.74) is 6.97. The van der Waals surface area contributed by atoms with Crippen LogP contribution < -0.4 is 10.5 Å². The van der Waals surface area contributed by atoms with Crippen LogP contribution in [0.1, 0.15) is 15.9 Å². The Labute approximate surface area is 115 Å². The molecule has 20 heavy (non-hydrogen) atoms. The summed E-state index contributed by atoms with van der Waals surface area (Å²) in [4.78, 5) is 11.8. The van der Waals surface area contributed by atoms with Crippen molar-refractivity contribution in [2.24, 2.45) is 0 Å². The molecule has 0 atom stereocenters. The third kappa shape index (κ3) is 3.26. The normalized spacial score (nSPS) is 10.1. The molecule has 104 valence electrons. The number of rotatable bonds is 4. The first-order chi connectivity index (χ1) is 9.60. The molecule has 0 aliphatic carbocycles. The van der Waals surface area contributed by atoms with Gasteiger partial charge in [0.1, 0.15) is 18.2 Å². The van der Waals surface area contributed by atoms with Crippen LogP contribution in [0.25, 0.3) is 0 Å². The number of halogens is 1. The highest BCUT2D eigenvalue weighted by Gasteiger charge is 2.10. The predicted molar refractivity (Wildman–Crippen MR) is 72.9 cm³/mol. The van der Waals surface area contributed by atoms with Gasteiger partial charge in [0.05, 0.1) is 18.4 Å². The molecule has 0 aliphatic heterocycles. The summed E-state index contributed by atoms with van der Waals surface area (Å²) < 4.78 is 23.1. The highest BCUT2D eigenvalue weighted by atomic mass is 19.1. The fourth-order valence-corrected chi connectivity index (χ4v) is 1.72. The predicted octanol–water partition coefficient (Wildman–Crippen LogP) is 2.77. The van der Waals surface area contributed by atoms with E-state index in [4.69, 9.17) is 15.2 Å². The van der Waals surface area contributed by atoms with Crippen LogP contribution in [0.3, 0.4) is 0 Å². The third-order valence-corrected chi connectivity index (χ3v) is 2.72. The molecule has 0 fully saturated rings. The van der Waals surface area contributed by atoms with Crippen LogP contribution in [0.15, 0.2) is 42.5 Å². The van der Waals surface area contributed by atoms with E-state index in [0.717, 1.165) is 0 Å². The summed E-state index contributed by atoms with van der Waals surface area (Å²) >= 11 is 0. The number of hydrogen-bond acceptors (Lipinski definition) is 4. The highest BCUT2D eigenvalue weighted by molar-refractivity contribution is 5.91. The Morgan fingerprint density at radius 1 is 1.25 bits per heavy atom. The monoisotopic (exact) mass is 275 g/mol. The molecule has 0 heterocycles. The smallest absolute Gasteiger partial charge is 0.338 e. The van der Waals surface area contributed by atoms with Gasteiger partial charge >= 0.3 is 5.97 Å². The summed E-state index contributed by atoms with van der Waals surface area (Å²) in [7, 11) is 1.49. The maximum atomic E-state index is 13.0. The summed E-state index contributed by atoms with van der Waals surface area (Å²) in [6, 6.07) is 10.5. The maximum absolute atomic E-state index is 13.0. The Hall–Kier alpha value is -2.56. The van der Waals surface area contributed by atoms with Crippen LogP contribution in [0.5, 0.6) is 5.75 Å². The average molecular weight is 275 g/mol. The van der Waals surface area contributed by atoms with Crippen molar-refractivity contribution in [1.82, 2.24) is 0 Å². The van der Waals surface area contributed by atoms with E-state index in [1.54, 1.807) is 24.3 Å². The summed E-state index contributed by atoms with van der Waals surface area (Å²) in [6.07, 6.45) is 0. The van der Waals surface area contributed by atoms with Crippen molar-refractivity contribution in [2.45, 2.75) is 6.61 Å². The molecular weight excluding hydrogens is 261 g/mol. The first kappa shape index (κ1) is 13.9. The Morgan fingerprint density at radius 3 is 2.70 bits per heavy atom. The van der Waals surface area contributed by atoms with Crippen LogP contribution >= 0.6 is 0 Å². The molecule has 0 radical (unpaired) electrons. The molecule has 0 saturated carbocycles. The lowest BCUT2D eigenvalue weighted by Gasteiger charge is -2.08. The van der Waals surface area contributed by atoms with Gasteiger partial charge in [-0.05, 0) is 35.9 Å². The number of nitrogens with two attached hydrogens (primary N) is 1. The quantitative estimate of drug-likeness (QED) is 0.688. The summed E-state index contributed by atoms with van der Waals surface area (Å²) in [5, 5.41) is 0. The fourth-order valence-electron chi connectivity index (χ4n) is 1.72. The molecule has 0 unspecified atom stereocenters. The van der Waals surface area contributed by atoms with Gasteiger partial charge in [0.15, 0.2) is 0 Å². The number of anilines is 1. The number of carbonyl (C=O) groups is 1. The highest BCUT2D eigenvalue weighted by Crippen LogP contribution is 2.22. The SMILES string of the molecule is COc1ccc(C(=O)OCc2cccc(F)c2)cc1N. The van der Waals surface area contributed by atoms with Gasteiger partial charge in [0.25, 0.3) is 0 Å². The van der Waals surface area contributed by atoms with Crippen LogP contribution in [0.4, 0.5) is 10.1 Å². The van der Waals surface area contributed by atoms with Crippen molar-refractivity contribution in [3.05, 3.63) is 59.4 Å². The molecule has 2 N–H and O–H groups in total. The first-order valence-electron chi connectivity index (χ1n) is 5.95. The van der Waals surface area contributed by atoms with Gasteiger partial charge in [-0.3, -0.25) is 0 Å². The van der Waals surface area contributed by atoms with Crippen LogP contribution in [0, 0.1) is 5.82 Å². The molecule has 0 amide bonds. The maximum Gasteiger partial charge on any atom is 0.338 e. The van der Waals surface area contributed by atoms with E-state index in [1.807, 2.05) is 0 Å². The lowest BCUT2D eigenvalue weighted by Crippen LogP contribution is -2.06. The van der Waals surface area contributed by atoms with Gasteiger partial charge in [-0.1, -0.05) is 12.1 Å². The Balaban J connectivity index is 2.03. The van der Waals surface area contributed by atoms with Crippen molar-refractivity contribution in [3.8, 4) is 5.75 Å². The second-order valence-corrected chi connectivity index (χ2v) is 4.16. The lowest BCUT2D eigenvalue weighted by atomic mass is 10.2. The molecule has 0 aromatic heterocycles. The minimum atomic E-state index is -0.524. The van der Waals surface area contributed by atoms with Gasteiger partial charge < -0.3 is 15.2 Å². The van der Waals surface area contributed by atoms with Gasteiger partial charge in [-0.2, -0.15) is 0 Å². The topological polar surface area (TPSA) is 61.5 Å². The zero-order valence-corrected chi connectivity index (χ0v) is 10.9. The van der Waals surface area contributed by atoms with Crippen LogP contribution in [-0.2, 0) is 11.3 Å². The van der Waals surface area contributed by atoms with Crippen molar-refractivity contribution in [1.29, 1.82) is 0 Å². The van der Waals surface area contributed by atoms with Gasteiger partial charge in [0.2, 0.25) is 0 Å². The van der Waals surface area contributed by atoms with Gasteiger partial charge in [0, 0.05) is 0 Å².